The van der Waals surface area contributed by atoms with Gasteiger partial charge in [0.1, 0.15) is 5.75 Å². The Morgan fingerprint density at radius 1 is 1.10 bits per heavy atom. The number of nitrogens with one attached hydrogen (secondary N) is 1. The Labute approximate surface area is 131 Å². The number of phenols is 1. The second-order valence-electron chi connectivity index (χ2n) is 4.14. The maximum absolute atomic E-state index is 11.9. The first-order valence-electron chi connectivity index (χ1n) is 6.07. The number of imide groups is 1. The van der Waals surface area contributed by atoms with E-state index < -0.39 is 11.8 Å². The Morgan fingerprint density at radius 3 is 2.43 bits per heavy atom. The van der Waals surface area contributed by atoms with Crippen LogP contribution >= 0.6 is 23.4 Å². The van der Waals surface area contributed by atoms with Crippen molar-refractivity contribution in [2.45, 2.75) is 4.90 Å². The highest BCUT2D eigenvalue weighted by molar-refractivity contribution is 8.00. The molecule has 0 heterocycles. The molecule has 0 bridgehead atoms. The molecule has 6 heteroatoms. The lowest BCUT2D eigenvalue weighted by Gasteiger charge is -2.05. The molecule has 4 nitrogen and oxygen atoms in total. The normalized spacial score (nSPS) is 10.1. The van der Waals surface area contributed by atoms with Gasteiger partial charge in [-0.1, -0.05) is 23.7 Å². The predicted octanol–water partition coefficient (Wildman–Crippen LogP) is 3.09. The van der Waals surface area contributed by atoms with Crippen molar-refractivity contribution < 1.29 is 14.7 Å². The molecule has 0 aliphatic rings. The lowest BCUT2D eigenvalue weighted by molar-refractivity contribution is -0.117. The first-order chi connectivity index (χ1) is 10.1. The van der Waals surface area contributed by atoms with E-state index in [9.17, 15) is 9.59 Å². The van der Waals surface area contributed by atoms with E-state index in [2.05, 4.69) is 5.32 Å². The van der Waals surface area contributed by atoms with E-state index in [0.29, 0.717) is 5.02 Å². The number of thioether (sulfide) groups is 1. The average molecular weight is 322 g/mol. The van der Waals surface area contributed by atoms with Crippen molar-refractivity contribution in [2.24, 2.45) is 0 Å². The number of carbonyl (C=O) groups excluding carboxylic acids is 2. The van der Waals surface area contributed by atoms with Crippen LogP contribution in [0.5, 0.6) is 5.75 Å². The van der Waals surface area contributed by atoms with E-state index >= 15 is 0 Å². The van der Waals surface area contributed by atoms with Gasteiger partial charge in [-0.05, 0) is 36.4 Å². The van der Waals surface area contributed by atoms with Crippen molar-refractivity contribution in [3.05, 3.63) is 59.1 Å². The van der Waals surface area contributed by atoms with Gasteiger partial charge in [0.15, 0.2) is 0 Å². The summed E-state index contributed by atoms with van der Waals surface area (Å²) in [4.78, 5) is 24.4. The Balaban J connectivity index is 1.89. The third-order valence-electron chi connectivity index (χ3n) is 2.58. The SMILES string of the molecule is O=C(CSc1ccc(O)cc1)NC(=O)c1ccccc1Cl. The first-order valence-corrected chi connectivity index (χ1v) is 7.43. The minimum Gasteiger partial charge on any atom is -0.508 e. The van der Waals surface area contributed by atoms with Crippen LogP contribution < -0.4 is 5.32 Å². The quantitative estimate of drug-likeness (QED) is 0.849. The van der Waals surface area contributed by atoms with Crippen molar-refractivity contribution in [1.82, 2.24) is 5.32 Å². The molecule has 0 aliphatic carbocycles. The molecule has 0 saturated heterocycles. The third kappa shape index (κ3) is 4.51. The standard InChI is InChI=1S/C15H12ClNO3S/c16-13-4-2-1-3-12(13)15(20)17-14(19)9-21-11-7-5-10(18)6-8-11/h1-8,18H,9H2,(H,17,19,20). The summed E-state index contributed by atoms with van der Waals surface area (Å²) in [5.41, 5.74) is 0.266. The topological polar surface area (TPSA) is 66.4 Å². The van der Waals surface area contributed by atoms with E-state index in [1.54, 1.807) is 36.4 Å². The molecule has 2 N–H and O–H groups in total. The third-order valence-corrected chi connectivity index (χ3v) is 3.92. The minimum atomic E-state index is -0.517. The molecule has 0 spiro atoms. The molecule has 0 fully saturated rings. The number of rotatable bonds is 4. The molecule has 2 aromatic carbocycles. The van der Waals surface area contributed by atoms with E-state index in [1.807, 2.05) is 0 Å². The summed E-state index contributed by atoms with van der Waals surface area (Å²) in [6.45, 7) is 0. The van der Waals surface area contributed by atoms with Gasteiger partial charge >= 0.3 is 0 Å². The van der Waals surface area contributed by atoms with Crippen LogP contribution in [-0.2, 0) is 4.79 Å². The van der Waals surface area contributed by atoms with Crippen molar-refractivity contribution in [2.75, 3.05) is 5.75 Å². The van der Waals surface area contributed by atoms with Crippen LogP contribution in [0.25, 0.3) is 0 Å². The molecule has 2 amide bonds. The van der Waals surface area contributed by atoms with Crippen LogP contribution in [0.3, 0.4) is 0 Å². The van der Waals surface area contributed by atoms with Gasteiger partial charge in [-0.25, -0.2) is 0 Å². The van der Waals surface area contributed by atoms with Gasteiger partial charge < -0.3 is 5.11 Å². The van der Waals surface area contributed by atoms with Gasteiger partial charge in [0.2, 0.25) is 5.91 Å². The van der Waals surface area contributed by atoms with Crippen molar-refractivity contribution in [3.8, 4) is 5.75 Å². The molecule has 0 aromatic heterocycles. The zero-order chi connectivity index (χ0) is 15.2. The number of hydrogen-bond donors (Lipinski definition) is 2. The van der Waals surface area contributed by atoms with Gasteiger partial charge in [-0.2, -0.15) is 0 Å². The van der Waals surface area contributed by atoms with Crippen LogP contribution in [0.2, 0.25) is 5.02 Å². The lowest BCUT2D eigenvalue weighted by Crippen LogP contribution is -2.32. The molecule has 0 atom stereocenters. The summed E-state index contributed by atoms with van der Waals surface area (Å²) in [5.74, 6) is -0.659. The maximum Gasteiger partial charge on any atom is 0.259 e. The number of aromatic hydroxyl groups is 1. The summed E-state index contributed by atoms with van der Waals surface area (Å²) in [6, 6.07) is 13.0. The van der Waals surface area contributed by atoms with E-state index in [-0.39, 0.29) is 17.1 Å². The molecule has 108 valence electrons. The van der Waals surface area contributed by atoms with E-state index in [0.717, 1.165) is 4.90 Å². The predicted molar refractivity (Wildman–Crippen MR) is 82.8 cm³/mol. The zero-order valence-corrected chi connectivity index (χ0v) is 12.4. The molecule has 21 heavy (non-hydrogen) atoms. The van der Waals surface area contributed by atoms with Crippen LogP contribution in [0.4, 0.5) is 0 Å². The zero-order valence-electron chi connectivity index (χ0n) is 10.9. The molecule has 0 radical (unpaired) electrons. The monoisotopic (exact) mass is 321 g/mol. The van der Waals surface area contributed by atoms with Crippen molar-refractivity contribution in [1.29, 1.82) is 0 Å². The maximum atomic E-state index is 11.9. The summed E-state index contributed by atoms with van der Waals surface area (Å²) in [6.07, 6.45) is 0. The first kappa shape index (κ1) is 15.4. The van der Waals surface area contributed by atoms with Gasteiger partial charge in [0.25, 0.3) is 5.91 Å². The highest BCUT2D eigenvalue weighted by Crippen LogP contribution is 2.20. The number of hydrogen-bond acceptors (Lipinski definition) is 4. The Hall–Kier alpha value is -1.98. The number of amides is 2. The highest BCUT2D eigenvalue weighted by Gasteiger charge is 2.13. The average Bonchev–Trinajstić information content (AvgIpc) is 2.47. The smallest absolute Gasteiger partial charge is 0.259 e. The van der Waals surface area contributed by atoms with Crippen molar-refractivity contribution >= 4 is 35.2 Å². The minimum absolute atomic E-state index is 0.0982. The number of benzene rings is 2. The molecule has 2 rings (SSSR count). The second kappa shape index (κ2) is 7.15. The van der Waals surface area contributed by atoms with Crippen LogP contribution in [-0.4, -0.2) is 22.7 Å². The van der Waals surface area contributed by atoms with Crippen molar-refractivity contribution in [3.63, 3.8) is 0 Å². The molecule has 0 unspecified atom stereocenters. The lowest BCUT2D eigenvalue weighted by atomic mass is 10.2. The fourth-order valence-corrected chi connectivity index (χ4v) is 2.49. The molecule has 2 aromatic rings. The Kier molecular flexibility index (Phi) is 5.25. The summed E-state index contributed by atoms with van der Waals surface area (Å²) in [5, 5.41) is 11.7. The van der Waals surface area contributed by atoms with E-state index in [1.165, 1.54) is 23.9 Å². The van der Waals surface area contributed by atoms with Crippen LogP contribution in [0.1, 0.15) is 10.4 Å². The molecule has 0 saturated carbocycles. The number of carbonyl (C=O) groups is 2. The summed E-state index contributed by atoms with van der Waals surface area (Å²) < 4.78 is 0. The highest BCUT2D eigenvalue weighted by atomic mass is 35.5. The van der Waals surface area contributed by atoms with Gasteiger partial charge in [-0.15, -0.1) is 11.8 Å². The Morgan fingerprint density at radius 2 is 1.76 bits per heavy atom. The van der Waals surface area contributed by atoms with E-state index in [4.69, 9.17) is 16.7 Å². The fourth-order valence-electron chi connectivity index (χ4n) is 1.57. The Bertz CT molecular complexity index is 658. The largest absolute Gasteiger partial charge is 0.508 e. The van der Waals surface area contributed by atoms with Gasteiger partial charge in [0.05, 0.1) is 16.3 Å². The van der Waals surface area contributed by atoms with Crippen LogP contribution in [0, 0.1) is 0 Å². The number of phenolic OH excluding ortho intramolecular Hbond substituents is 1. The molecular formula is C15H12ClNO3S. The van der Waals surface area contributed by atoms with Crippen LogP contribution in [0.15, 0.2) is 53.4 Å². The second-order valence-corrected chi connectivity index (χ2v) is 5.60. The number of halogens is 1. The summed E-state index contributed by atoms with van der Waals surface area (Å²) >= 11 is 7.16. The summed E-state index contributed by atoms with van der Waals surface area (Å²) in [7, 11) is 0. The van der Waals surface area contributed by atoms with Gasteiger partial charge in [-0.3, -0.25) is 14.9 Å². The van der Waals surface area contributed by atoms with Gasteiger partial charge in [0, 0.05) is 4.90 Å². The molecule has 0 aliphatic heterocycles. The molecular weight excluding hydrogens is 310 g/mol. The fraction of sp³-hybridized carbons (Fsp3) is 0.0667.